The summed E-state index contributed by atoms with van der Waals surface area (Å²) in [4.78, 5) is 190. The van der Waals surface area contributed by atoms with E-state index in [-0.39, 0.29) is 49.7 Å². The zero-order valence-corrected chi connectivity index (χ0v) is 47.2. The first-order valence-electron chi connectivity index (χ1n) is 24.8. The van der Waals surface area contributed by atoms with Crippen LogP contribution in [-0.4, -0.2) is 208 Å². The molecule has 0 radical (unpaired) electrons. The maximum Gasteiger partial charge on any atom is 0.305 e. The second kappa shape index (κ2) is 39.4. The molecule has 0 rings (SSSR count). The Balaban J connectivity index is 5.98. The summed E-state index contributed by atoms with van der Waals surface area (Å²) >= 11 is 9.28. The van der Waals surface area contributed by atoms with E-state index in [1.165, 1.54) is 11.8 Å². The number of carboxylic acid groups (broad SMARTS) is 2. The monoisotopic (exact) mass is 1200 g/mol. The predicted molar refractivity (Wildman–Crippen MR) is 291 cm³/mol. The first kappa shape index (κ1) is 73.0. The molecule has 20 N–H and O–H groups in total. The van der Waals surface area contributed by atoms with Crippen molar-refractivity contribution in [1.29, 1.82) is 0 Å². The van der Waals surface area contributed by atoms with Gasteiger partial charge in [-0.05, 0) is 63.0 Å². The number of thioether (sulfide) groups is 1. The maximum atomic E-state index is 13.5. The molecule has 0 saturated carbocycles. The van der Waals surface area contributed by atoms with Crippen LogP contribution >= 0.6 is 37.0 Å². The Morgan fingerprint density at radius 2 is 0.912 bits per heavy atom. The van der Waals surface area contributed by atoms with Crippen LogP contribution in [0.4, 0.5) is 0 Å². The predicted octanol–water partition coefficient (Wildman–Crippen LogP) is -7.92. The molecule has 452 valence electrons. The van der Waals surface area contributed by atoms with E-state index in [1.54, 1.807) is 20.1 Å². The van der Waals surface area contributed by atoms with Crippen LogP contribution in [0.1, 0.15) is 78.6 Å². The van der Waals surface area contributed by atoms with Crippen molar-refractivity contribution >= 4 is 126 Å². The van der Waals surface area contributed by atoms with Gasteiger partial charge in [0.1, 0.15) is 54.4 Å². The van der Waals surface area contributed by atoms with Crippen molar-refractivity contribution in [2.45, 2.75) is 133 Å². The third kappa shape index (κ3) is 30.4. The normalized spacial score (nSPS) is 14.2. The van der Waals surface area contributed by atoms with Gasteiger partial charge < -0.3 is 91.0 Å². The Morgan fingerprint density at radius 3 is 1.34 bits per heavy atom. The smallest absolute Gasteiger partial charge is 0.305 e. The van der Waals surface area contributed by atoms with Gasteiger partial charge in [-0.3, -0.25) is 71.9 Å². The number of hydrogen-bond donors (Lipinski definition) is 19. The molecule has 0 bridgehead atoms. The fourth-order valence-corrected chi connectivity index (χ4v) is 7.83. The molecule has 32 nitrogen and oxygen atoms in total. The highest BCUT2D eigenvalue weighted by Gasteiger charge is 2.34. The van der Waals surface area contributed by atoms with E-state index in [0.717, 1.165) is 6.92 Å². The van der Waals surface area contributed by atoms with Crippen molar-refractivity contribution in [1.82, 2.24) is 58.5 Å². The zero-order chi connectivity index (χ0) is 61.2. The molecule has 0 aromatic heterocycles. The third-order valence-corrected chi connectivity index (χ3v) is 12.3. The summed E-state index contributed by atoms with van der Waals surface area (Å²) in [5, 5.41) is 53.8. The number of aliphatic hydroxyl groups is 1. The highest BCUT2D eigenvalue weighted by atomic mass is 32.2. The molecule has 80 heavy (non-hydrogen) atoms. The molecule has 13 amide bonds. The summed E-state index contributed by atoms with van der Waals surface area (Å²) in [6.07, 6.45) is -0.661. The van der Waals surface area contributed by atoms with Crippen molar-refractivity contribution in [2.24, 2.45) is 23.1 Å². The lowest BCUT2D eigenvalue weighted by molar-refractivity contribution is -0.141. The average molecular weight is 1200 g/mol. The maximum absolute atomic E-state index is 13.5. The molecule has 0 aromatic carbocycles. The summed E-state index contributed by atoms with van der Waals surface area (Å²) in [6, 6.07) is -13.6. The van der Waals surface area contributed by atoms with Crippen LogP contribution in [0.15, 0.2) is 0 Å². The van der Waals surface area contributed by atoms with E-state index < -0.39 is 194 Å². The molecule has 0 fully saturated rings. The van der Waals surface area contributed by atoms with Gasteiger partial charge >= 0.3 is 11.9 Å². The van der Waals surface area contributed by atoms with Crippen LogP contribution in [0.5, 0.6) is 0 Å². The Bertz CT molecular complexity index is 2200. The van der Waals surface area contributed by atoms with Crippen LogP contribution in [0.25, 0.3) is 0 Å². The largest absolute Gasteiger partial charge is 0.481 e. The summed E-state index contributed by atoms with van der Waals surface area (Å²) < 4.78 is 0. The Labute approximate surface area is 475 Å². The number of nitrogens with two attached hydrogens (primary N) is 3. The third-order valence-electron chi connectivity index (χ3n) is 10.9. The molecule has 0 aliphatic heterocycles. The molecule has 0 aliphatic rings. The van der Waals surface area contributed by atoms with E-state index in [1.807, 2.05) is 0 Å². The van der Waals surface area contributed by atoms with Gasteiger partial charge in [-0.1, -0.05) is 13.8 Å². The first-order chi connectivity index (χ1) is 37.5. The zero-order valence-electron chi connectivity index (χ0n) is 44.6. The number of primary amides is 2. The van der Waals surface area contributed by atoms with Crippen molar-refractivity contribution < 1.29 is 87.2 Å². The second-order valence-electron chi connectivity index (χ2n) is 18.1. The highest BCUT2D eigenvalue weighted by molar-refractivity contribution is 7.98. The summed E-state index contributed by atoms with van der Waals surface area (Å²) in [5.74, 6) is -16.4. The number of rotatable bonds is 41. The minimum absolute atomic E-state index is 0.1000. The first-order valence-corrected chi connectivity index (χ1v) is 27.5. The van der Waals surface area contributed by atoms with Gasteiger partial charge in [0, 0.05) is 24.9 Å². The molecule has 35 heteroatoms. The van der Waals surface area contributed by atoms with Crippen molar-refractivity contribution in [3.05, 3.63) is 0 Å². The van der Waals surface area contributed by atoms with Crippen LogP contribution < -0.4 is 75.7 Å². The number of amides is 13. The lowest BCUT2D eigenvalue weighted by Gasteiger charge is -2.25. The Hall–Kier alpha value is -6.98. The van der Waals surface area contributed by atoms with Crippen LogP contribution in [-0.2, 0) is 71.9 Å². The topological polar surface area (TPSA) is 527 Å². The van der Waals surface area contributed by atoms with Gasteiger partial charge in [-0.15, -0.1) is 0 Å². The van der Waals surface area contributed by atoms with E-state index in [0.29, 0.717) is 6.42 Å². The number of thiol groups is 2. The van der Waals surface area contributed by atoms with Gasteiger partial charge in [-0.2, -0.15) is 37.0 Å². The SMILES string of the molecule is CSCC[C@H](NC(=O)CNC(=O)[C@H](CO)NC(=O)[C@H](CCCCN)NC(=O)[C@H](CC(N)=O)NC(=O)[C@H](CS)NC(C)=O)C(=O)N[C@@H](CC(=O)O)C(=O)NCC(=O)N[C@@H](CS)C(=O)N[C@@H](CCC(=O)O)C(=O)N[C@@H](CC(C)C)C(N)=O. The number of hydrogen-bond acceptors (Lipinski definition) is 20. The quantitative estimate of drug-likeness (QED) is 0.0200. The van der Waals surface area contributed by atoms with Crippen LogP contribution in [0, 0.1) is 5.92 Å². The van der Waals surface area contributed by atoms with Crippen molar-refractivity contribution in [2.75, 3.05) is 49.8 Å². The Morgan fingerprint density at radius 1 is 0.500 bits per heavy atom. The number of carboxylic acids is 2. The van der Waals surface area contributed by atoms with E-state index in [9.17, 15) is 87.2 Å². The van der Waals surface area contributed by atoms with Crippen LogP contribution in [0.3, 0.4) is 0 Å². The molecule has 9 atom stereocenters. The molecule has 0 aliphatic carbocycles. The molecule has 0 spiro atoms. The van der Waals surface area contributed by atoms with Crippen molar-refractivity contribution in [3.8, 4) is 0 Å². The summed E-state index contributed by atoms with van der Waals surface area (Å²) in [5.41, 5.74) is 16.3. The van der Waals surface area contributed by atoms with E-state index in [2.05, 4.69) is 83.7 Å². The number of carbonyl (C=O) groups excluding carboxylic acids is 13. The van der Waals surface area contributed by atoms with E-state index >= 15 is 0 Å². The number of unbranched alkanes of at least 4 members (excludes halogenated alkanes) is 1. The number of aliphatic carboxylic acids is 2. The lowest BCUT2D eigenvalue weighted by atomic mass is 10.0. The van der Waals surface area contributed by atoms with Crippen LogP contribution in [0.2, 0.25) is 0 Å². The molecule has 0 heterocycles. The van der Waals surface area contributed by atoms with Gasteiger partial charge in [0.25, 0.3) is 0 Å². The van der Waals surface area contributed by atoms with Gasteiger partial charge in [0.15, 0.2) is 0 Å². The lowest BCUT2D eigenvalue weighted by Crippen LogP contribution is -2.59. The molecular formula is C45H76N14O18S3. The fraction of sp³-hybridized carbons (Fsp3) is 0.667. The van der Waals surface area contributed by atoms with Crippen molar-refractivity contribution in [3.63, 3.8) is 0 Å². The minimum Gasteiger partial charge on any atom is -0.481 e. The standard InChI is InChI=1S/C45H76N14O18S3/c1-21(2)13-26(37(48)69)56-41(73)24(8-9-35(65)66)55-45(77)31(20-79)53-34(64)17-49-38(70)28(15-36(67)68)58-42(74)25(10-12-80-4)52-33(63)16-50-39(71)29(18-60)59-40(72)23(7-5-6-11-46)54-43(75)27(14-32(47)62)57-44(76)30(19-78)51-22(3)61/h21,23-31,60,78-79H,5-20,46H2,1-4H3,(H2,47,62)(H2,48,69)(H,49,70)(H,50,71)(H,51,61)(H,52,63)(H,53,64)(H,54,75)(H,55,77)(H,56,73)(H,57,76)(H,58,74)(H,59,72)(H,65,66)(H,67,68)/t23-,24-,25-,26-,27-,28-,29-,30-,31-/m0/s1. The van der Waals surface area contributed by atoms with Gasteiger partial charge in [0.05, 0.1) is 32.5 Å². The highest BCUT2D eigenvalue weighted by Crippen LogP contribution is 2.09. The minimum atomic E-state index is -1.87. The Kier molecular flexibility index (Phi) is 36.0. The molecular weight excluding hydrogens is 1120 g/mol. The van der Waals surface area contributed by atoms with E-state index in [4.69, 9.17) is 17.2 Å². The van der Waals surface area contributed by atoms with Gasteiger partial charge in [-0.25, -0.2) is 0 Å². The average Bonchev–Trinajstić information content (AvgIpc) is 3.37. The van der Waals surface area contributed by atoms with Gasteiger partial charge in [0.2, 0.25) is 76.8 Å². The summed E-state index contributed by atoms with van der Waals surface area (Å²) in [6.45, 7) is 1.97. The number of carbonyl (C=O) groups is 15. The molecule has 0 unspecified atom stereocenters. The fourth-order valence-electron chi connectivity index (χ4n) is 6.85. The number of nitrogens with one attached hydrogen (secondary N) is 11. The second-order valence-corrected chi connectivity index (χ2v) is 19.9. The summed E-state index contributed by atoms with van der Waals surface area (Å²) in [7, 11) is 0. The number of aliphatic hydroxyl groups excluding tert-OH is 1. The molecule has 0 aromatic rings. The molecule has 0 saturated heterocycles.